The number of amides is 2. The SMILES string of the molecule is NC(=O)c1cccc(-c2nccnc2C2CN(C(=O)CC3(O)CCCCC3)CCO2)c1. The van der Waals surface area contributed by atoms with Gasteiger partial charge >= 0.3 is 0 Å². The van der Waals surface area contributed by atoms with Crippen molar-refractivity contribution in [3.05, 3.63) is 47.9 Å². The molecule has 0 bridgehead atoms. The van der Waals surface area contributed by atoms with Gasteiger partial charge in [0.2, 0.25) is 11.8 Å². The number of hydrogen-bond acceptors (Lipinski definition) is 6. The van der Waals surface area contributed by atoms with E-state index in [1.807, 2.05) is 6.07 Å². The fraction of sp³-hybridized carbons (Fsp3) is 0.478. The molecule has 1 aliphatic heterocycles. The molecule has 8 nitrogen and oxygen atoms in total. The molecule has 1 saturated carbocycles. The zero-order valence-corrected chi connectivity index (χ0v) is 17.5. The monoisotopic (exact) mass is 424 g/mol. The number of primary amides is 1. The smallest absolute Gasteiger partial charge is 0.248 e. The summed E-state index contributed by atoms with van der Waals surface area (Å²) < 4.78 is 5.95. The molecule has 2 heterocycles. The van der Waals surface area contributed by atoms with Gasteiger partial charge in [-0.3, -0.25) is 19.6 Å². The van der Waals surface area contributed by atoms with Gasteiger partial charge in [0.1, 0.15) is 6.10 Å². The quantitative estimate of drug-likeness (QED) is 0.760. The normalized spacial score (nSPS) is 20.9. The van der Waals surface area contributed by atoms with Crippen LogP contribution in [0.15, 0.2) is 36.7 Å². The molecule has 2 aromatic rings. The number of aliphatic hydroxyl groups is 1. The van der Waals surface area contributed by atoms with Gasteiger partial charge in [-0.15, -0.1) is 0 Å². The van der Waals surface area contributed by atoms with Crippen LogP contribution in [0.4, 0.5) is 0 Å². The highest BCUT2D eigenvalue weighted by Gasteiger charge is 2.35. The van der Waals surface area contributed by atoms with Crippen LogP contribution in [0.5, 0.6) is 0 Å². The van der Waals surface area contributed by atoms with Crippen molar-refractivity contribution in [3.8, 4) is 11.3 Å². The molecule has 1 aliphatic carbocycles. The molecule has 164 valence electrons. The molecule has 2 aliphatic rings. The molecule has 3 N–H and O–H groups in total. The van der Waals surface area contributed by atoms with Gasteiger partial charge in [0.05, 0.1) is 36.6 Å². The summed E-state index contributed by atoms with van der Waals surface area (Å²) in [4.78, 5) is 35.2. The maximum atomic E-state index is 12.9. The summed E-state index contributed by atoms with van der Waals surface area (Å²) in [7, 11) is 0. The van der Waals surface area contributed by atoms with E-state index in [9.17, 15) is 14.7 Å². The van der Waals surface area contributed by atoms with E-state index in [4.69, 9.17) is 10.5 Å². The minimum Gasteiger partial charge on any atom is -0.389 e. The number of morpholine rings is 1. The first-order valence-corrected chi connectivity index (χ1v) is 10.8. The summed E-state index contributed by atoms with van der Waals surface area (Å²) in [5.74, 6) is -0.572. The van der Waals surface area contributed by atoms with E-state index in [2.05, 4.69) is 9.97 Å². The second-order valence-electron chi connectivity index (χ2n) is 8.40. The van der Waals surface area contributed by atoms with Gasteiger partial charge in [0.15, 0.2) is 0 Å². The average molecular weight is 425 g/mol. The van der Waals surface area contributed by atoms with Crippen LogP contribution in [-0.4, -0.2) is 57.1 Å². The number of carbonyl (C=O) groups excluding carboxylic acids is 2. The molecule has 1 aromatic carbocycles. The maximum Gasteiger partial charge on any atom is 0.248 e. The third-order valence-corrected chi connectivity index (χ3v) is 6.14. The van der Waals surface area contributed by atoms with Gasteiger partial charge in [-0.2, -0.15) is 0 Å². The third kappa shape index (κ3) is 4.91. The van der Waals surface area contributed by atoms with Gasteiger partial charge in [-0.1, -0.05) is 31.4 Å². The predicted molar refractivity (Wildman–Crippen MR) is 114 cm³/mol. The Labute approximate surface area is 181 Å². The standard InChI is InChI=1S/C23H28N4O4/c24-22(29)17-6-4-5-16(13-17)20-21(26-10-9-25-20)18-15-27(11-12-31-18)19(28)14-23(30)7-2-1-3-8-23/h4-6,9-10,13,18,30H,1-3,7-8,11-12,14-15H2,(H2,24,29). The van der Waals surface area contributed by atoms with Crippen LogP contribution in [0.3, 0.4) is 0 Å². The molecule has 0 spiro atoms. The molecular formula is C23H28N4O4. The second-order valence-corrected chi connectivity index (χ2v) is 8.40. The summed E-state index contributed by atoms with van der Waals surface area (Å²) >= 11 is 0. The van der Waals surface area contributed by atoms with E-state index >= 15 is 0 Å². The van der Waals surface area contributed by atoms with Gasteiger partial charge < -0.3 is 20.5 Å². The Bertz CT molecular complexity index is 958. The lowest BCUT2D eigenvalue weighted by atomic mass is 9.82. The van der Waals surface area contributed by atoms with E-state index in [0.717, 1.165) is 19.3 Å². The van der Waals surface area contributed by atoms with Crippen molar-refractivity contribution >= 4 is 11.8 Å². The maximum absolute atomic E-state index is 12.9. The Morgan fingerprint density at radius 1 is 1.19 bits per heavy atom. The van der Waals surface area contributed by atoms with Crippen LogP contribution >= 0.6 is 0 Å². The lowest BCUT2D eigenvalue weighted by Gasteiger charge is -2.37. The number of carbonyl (C=O) groups is 2. The summed E-state index contributed by atoms with van der Waals surface area (Å²) in [5.41, 5.74) is 6.82. The van der Waals surface area contributed by atoms with Crippen LogP contribution in [0.1, 0.15) is 60.7 Å². The molecule has 31 heavy (non-hydrogen) atoms. The number of ether oxygens (including phenoxy) is 1. The first-order chi connectivity index (χ1) is 15.0. The van der Waals surface area contributed by atoms with E-state index in [1.165, 1.54) is 0 Å². The minimum absolute atomic E-state index is 0.0566. The number of benzene rings is 1. The molecular weight excluding hydrogens is 396 g/mol. The zero-order chi connectivity index (χ0) is 21.8. The van der Waals surface area contributed by atoms with Crippen LogP contribution in [-0.2, 0) is 9.53 Å². The Balaban J connectivity index is 1.53. The summed E-state index contributed by atoms with van der Waals surface area (Å²) in [6, 6.07) is 6.91. The highest BCUT2D eigenvalue weighted by molar-refractivity contribution is 5.94. The van der Waals surface area contributed by atoms with Crippen molar-refractivity contribution in [1.82, 2.24) is 14.9 Å². The summed E-state index contributed by atoms with van der Waals surface area (Å²) in [6.07, 6.45) is 7.27. The number of aromatic nitrogens is 2. The first-order valence-electron chi connectivity index (χ1n) is 10.8. The molecule has 4 rings (SSSR count). The van der Waals surface area contributed by atoms with E-state index in [1.54, 1.807) is 35.5 Å². The van der Waals surface area contributed by atoms with Gasteiger partial charge in [0.25, 0.3) is 0 Å². The van der Waals surface area contributed by atoms with Crippen molar-refractivity contribution in [3.63, 3.8) is 0 Å². The van der Waals surface area contributed by atoms with Gasteiger partial charge in [-0.05, 0) is 25.0 Å². The first kappa shape index (κ1) is 21.4. The molecule has 2 fully saturated rings. The highest BCUT2D eigenvalue weighted by Crippen LogP contribution is 2.33. The molecule has 1 atom stereocenters. The molecule has 1 aromatic heterocycles. The highest BCUT2D eigenvalue weighted by atomic mass is 16.5. The van der Waals surface area contributed by atoms with Crippen LogP contribution in [0, 0.1) is 0 Å². The second kappa shape index (κ2) is 9.11. The lowest BCUT2D eigenvalue weighted by molar-refractivity contribution is -0.145. The zero-order valence-electron chi connectivity index (χ0n) is 17.5. The van der Waals surface area contributed by atoms with Crippen molar-refractivity contribution in [2.45, 2.75) is 50.2 Å². The topological polar surface area (TPSA) is 119 Å². The van der Waals surface area contributed by atoms with Gasteiger partial charge in [0, 0.05) is 30.1 Å². The van der Waals surface area contributed by atoms with Crippen molar-refractivity contribution in [2.24, 2.45) is 5.73 Å². The fourth-order valence-corrected chi connectivity index (χ4v) is 4.45. The van der Waals surface area contributed by atoms with Gasteiger partial charge in [-0.25, -0.2) is 0 Å². The Kier molecular flexibility index (Phi) is 6.29. The average Bonchev–Trinajstić information content (AvgIpc) is 2.79. The molecule has 0 radical (unpaired) electrons. The summed E-state index contributed by atoms with van der Waals surface area (Å²) in [6.45, 7) is 1.21. The van der Waals surface area contributed by atoms with Crippen LogP contribution in [0.25, 0.3) is 11.3 Å². The van der Waals surface area contributed by atoms with Crippen molar-refractivity contribution < 1.29 is 19.4 Å². The molecule has 1 unspecified atom stereocenters. The number of rotatable bonds is 5. The predicted octanol–water partition coefficient (Wildman–Crippen LogP) is 2.23. The number of hydrogen-bond donors (Lipinski definition) is 2. The van der Waals surface area contributed by atoms with Crippen LogP contribution < -0.4 is 5.73 Å². The number of nitrogens with two attached hydrogens (primary N) is 1. The largest absolute Gasteiger partial charge is 0.389 e. The van der Waals surface area contributed by atoms with Crippen molar-refractivity contribution in [1.29, 1.82) is 0 Å². The molecule has 1 saturated heterocycles. The third-order valence-electron chi connectivity index (χ3n) is 6.14. The molecule has 2 amide bonds. The van der Waals surface area contributed by atoms with E-state index in [0.29, 0.717) is 55.1 Å². The fourth-order valence-electron chi connectivity index (χ4n) is 4.45. The Morgan fingerprint density at radius 2 is 1.97 bits per heavy atom. The minimum atomic E-state index is -0.893. The Morgan fingerprint density at radius 3 is 2.74 bits per heavy atom. The van der Waals surface area contributed by atoms with Crippen molar-refractivity contribution in [2.75, 3.05) is 19.7 Å². The molecule has 8 heteroatoms. The summed E-state index contributed by atoms with van der Waals surface area (Å²) in [5, 5.41) is 10.8. The number of nitrogens with zero attached hydrogens (tertiary/aromatic N) is 3. The van der Waals surface area contributed by atoms with E-state index < -0.39 is 17.6 Å². The Hall–Kier alpha value is -2.84. The van der Waals surface area contributed by atoms with Crippen LogP contribution in [0.2, 0.25) is 0 Å². The van der Waals surface area contributed by atoms with E-state index in [-0.39, 0.29) is 12.3 Å². The lowest BCUT2D eigenvalue weighted by Crippen LogP contribution is -2.46.